The summed E-state index contributed by atoms with van der Waals surface area (Å²) in [4.78, 5) is 16.5. The summed E-state index contributed by atoms with van der Waals surface area (Å²) in [5.41, 5.74) is 12.5. The van der Waals surface area contributed by atoms with Gasteiger partial charge in [-0.3, -0.25) is 10.1 Å². The molecule has 6 aromatic rings. The van der Waals surface area contributed by atoms with E-state index in [0.29, 0.717) is 34.0 Å². The van der Waals surface area contributed by atoms with Crippen LogP contribution in [0.25, 0.3) is 55.7 Å². The Hall–Kier alpha value is -4.79. The van der Waals surface area contributed by atoms with Crippen LogP contribution in [0.15, 0.2) is 67.3 Å². The van der Waals surface area contributed by atoms with E-state index >= 15 is 0 Å². The molecular weight excluding hydrogens is 433 g/mol. The molecule has 0 unspecified atom stereocenters. The first-order chi connectivity index (χ1) is 16.6. The van der Waals surface area contributed by atoms with Crippen molar-refractivity contribution in [3.05, 3.63) is 73.1 Å². The molecule has 6 rings (SSSR count). The van der Waals surface area contributed by atoms with E-state index in [1.165, 1.54) is 19.2 Å². The van der Waals surface area contributed by atoms with Crippen molar-refractivity contribution < 1.29 is 9.13 Å². The van der Waals surface area contributed by atoms with Gasteiger partial charge in [0.15, 0.2) is 5.65 Å². The van der Waals surface area contributed by atoms with Gasteiger partial charge >= 0.3 is 0 Å². The topological polar surface area (TPSA) is 118 Å². The minimum atomic E-state index is -0.372. The minimum absolute atomic E-state index is 0.372. The van der Waals surface area contributed by atoms with Gasteiger partial charge in [0.1, 0.15) is 22.9 Å². The van der Waals surface area contributed by atoms with E-state index in [1.807, 2.05) is 24.3 Å². The van der Waals surface area contributed by atoms with Crippen LogP contribution >= 0.6 is 0 Å². The van der Waals surface area contributed by atoms with Gasteiger partial charge in [-0.25, -0.2) is 14.4 Å². The smallest absolute Gasteiger partial charge is 0.155 e. The highest BCUT2D eigenvalue weighted by atomic mass is 19.1. The minimum Gasteiger partial charge on any atom is -0.497 e. The highest BCUT2D eigenvalue weighted by Crippen LogP contribution is 2.35. The first-order valence-corrected chi connectivity index (χ1v) is 10.5. The van der Waals surface area contributed by atoms with Crippen LogP contribution in [0.5, 0.6) is 5.75 Å². The van der Waals surface area contributed by atoms with Crippen LogP contribution in [-0.2, 0) is 0 Å². The molecule has 0 fully saturated rings. The monoisotopic (exact) mass is 451 g/mol. The Labute approximate surface area is 192 Å². The molecule has 5 aromatic heterocycles. The lowest BCUT2D eigenvalue weighted by Crippen LogP contribution is -1.88. The average molecular weight is 451 g/mol. The number of nitrogens with one attached hydrogen (secondary N) is 2. The van der Waals surface area contributed by atoms with Crippen molar-refractivity contribution in [1.29, 1.82) is 0 Å². The summed E-state index contributed by atoms with van der Waals surface area (Å²) in [6.45, 7) is 0. The Morgan fingerprint density at radius 2 is 1.76 bits per heavy atom. The number of hydrogen-bond acceptors (Lipinski definition) is 6. The number of anilines is 1. The number of aromatic nitrogens is 6. The number of H-pyrrole nitrogens is 2. The predicted octanol–water partition coefficient (Wildman–Crippen LogP) is 4.96. The molecule has 0 aliphatic rings. The SMILES string of the molecule is COc1cc(F)cc(-c2ccnc3[nH]c(-c4n[nH]c5ncc(-c6cncc(N)c6)cc45)cc23)c1. The van der Waals surface area contributed by atoms with Crippen molar-refractivity contribution in [3.8, 4) is 39.4 Å². The van der Waals surface area contributed by atoms with E-state index < -0.39 is 0 Å². The molecule has 166 valence electrons. The largest absolute Gasteiger partial charge is 0.497 e. The normalized spacial score (nSPS) is 11.4. The quantitative estimate of drug-likeness (QED) is 0.349. The highest BCUT2D eigenvalue weighted by molar-refractivity contribution is 5.99. The number of pyridine rings is 3. The Balaban J connectivity index is 1.50. The number of nitrogen functional groups attached to an aromatic ring is 1. The summed E-state index contributed by atoms with van der Waals surface area (Å²) in [6.07, 6.45) is 6.78. The fourth-order valence-corrected chi connectivity index (χ4v) is 4.12. The second-order valence-corrected chi connectivity index (χ2v) is 7.88. The van der Waals surface area contributed by atoms with Crippen molar-refractivity contribution in [2.24, 2.45) is 0 Å². The van der Waals surface area contributed by atoms with E-state index in [4.69, 9.17) is 10.5 Å². The number of benzene rings is 1. The summed E-state index contributed by atoms with van der Waals surface area (Å²) in [5, 5.41) is 9.14. The molecule has 0 spiro atoms. The van der Waals surface area contributed by atoms with Gasteiger partial charge in [-0.05, 0) is 47.5 Å². The van der Waals surface area contributed by atoms with E-state index in [9.17, 15) is 4.39 Å². The van der Waals surface area contributed by atoms with Crippen LogP contribution in [0.2, 0.25) is 0 Å². The van der Waals surface area contributed by atoms with Crippen LogP contribution in [0.1, 0.15) is 0 Å². The third-order valence-electron chi connectivity index (χ3n) is 5.71. The molecule has 1 aromatic carbocycles. The number of hydrogen-bond donors (Lipinski definition) is 3. The fourth-order valence-electron chi connectivity index (χ4n) is 4.12. The lowest BCUT2D eigenvalue weighted by atomic mass is 10.0. The third-order valence-corrected chi connectivity index (χ3v) is 5.71. The summed E-state index contributed by atoms with van der Waals surface area (Å²) in [5.74, 6) is 0.0756. The molecule has 0 saturated heterocycles. The van der Waals surface area contributed by atoms with Gasteiger partial charge in [-0.2, -0.15) is 5.10 Å². The van der Waals surface area contributed by atoms with E-state index in [1.54, 1.807) is 30.9 Å². The van der Waals surface area contributed by atoms with Crippen molar-refractivity contribution in [3.63, 3.8) is 0 Å². The maximum absolute atomic E-state index is 14.2. The molecule has 0 radical (unpaired) electrons. The number of nitrogens with zero attached hydrogens (tertiary/aromatic N) is 4. The molecule has 8 nitrogen and oxygen atoms in total. The number of halogens is 1. The number of methoxy groups -OCH3 is 1. The first kappa shape index (κ1) is 19.9. The number of rotatable bonds is 4. The van der Waals surface area contributed by atoms with Crippen LogP contribution < -0.4 is 10.5 Å². The van der Waals surface area contributed by atoms with Crippen LogP contribution in [-0.4, -0.2) is 37.2 Å². The van der Waals surface area contributed by atoms with Crippen LogP contribution in [0.3, 0.4) is 0 Å². The van der Waals surface area contributed by atoms with Crippen LogP contribution in [0, 0.1) is 5.82 Å². The number of aromatic amines is 2. The Morgan fingerprint density at radius 1 is 0.882 bits per heavy atom. The molecule has 0 atom stereocenters. The van der Waals surface area contributed by atoms with E-state index in [-0.39, 0.29) is 5.82 Å². The molecule has 9 heteroatoms. The van der Waals surface area contributed by atoms with Gasteiger partial charge in [0.2, 0.25) is 0 Å². The number of nitrogens with two attached hydrogens (primary N) is 1. The molecule has 5 heterocycles. The molecule has 0 saturated carbocycles. The third kappa shape index (κ3) is 3.30. The zero-order valence-corrected chi connectivity index (χ0v) is 18.0. The number of ether oxygens (including phenoxy) is 1. The molecule has 0 aliphatic heterocycles. The van der Waals surface area contributed by atoms with Gasteiger partial charge in [-0.15, -0.1) is 0 Å². The van der Waals surface area contributed by atoms with Crippen LogP contribution in [0.4, 0.5) is 10.1 Å². The summed E-state index contributed by atoms with van der Waals surface area (Å²) in [7, 11) is 1.51. The summed E-state index contributed by atoms with van der Waals surface area (Å²) < 4.78 is 19.4. The summed E-state index contributed by atoms with van der Waals surface area (Å²) in [6, 6.07) is 12.3. The Bertz CT molecular complexity index is 1690. The van der Waals surface area contributed by atoms with Gasteiger partial charge in [0, 0.05) is 52.8 Å². The lowest BCUT2D eigenvalue weighted by Gasteiger charge is -2.06. The maximum atomic E-state index is 14.2. The first-order valence-electron chi connectivity index (χ1n) is 10.5. The predicted molar refractivity (Wildman–Crippen MR) is 129 cm³/mol. The molecule has 0 amide bonds. The zero-order chi connectivity index (χ0) is 23.2. The second kappa shape index (κ2) is 7.66. The van der Waals surface area contributed by atoms with Gasteiger partial charge < -0.3 is 15.5 Å². The van der Waals surface area contributed by atoms with Gasteiger partial charge in [0.25, 0.3) is 0 Å². The van der Waals surface area contributed by atoms with Crippen molar-refractivity contribution in [2.75, 3.05) is 12.8 Å². The number of fused-ring (bicyclic) bond motifs is 2. The van der Waals surface area contributed by atoms with Crippen molar-refractivity contribution in [1.82, 2.24) is 30.1 Å². The molecule has 4 N–H and O–H groups in total. The Kier molecular flexibility index (Phi) is 4.48. The summed E-state index contributed by atoms with van der Waals surface area (Å²) >= 11 is 0. The fraction of sp³-hybridized carbons (Fsp3) is 0.0400. The molecule has 34 heavy (non-hydrogen) atoms. The van der Waals surface area contributed by atoms with Crippen molar-refractivity contribution in [2.45, 2.75) is 0 Å². The van der Waals surface area contributed by atoms with Gasteiger partial charge in [0.05, 0.1) is 18.5 Å². The molecule has 0 aliphatic carbocycles. The highest BCUT2D eigenvalue weighted by Gasteiger charge is 2.16. The Morgan fingerprint density at radius 3 is 2.62 bits per heavy atom. The van der Waals surface area contributed by atoms with Crippen molar-refractivity contribution >= 4 is 27.8 Å². The lowest BCUT2D eigenvalue weighted by molar-refractivity contribution is 0.411. The van der Waals surface area contributed by atoms with E-state index in [0.717, 1.165) is 33.2 Å². The van der Waals surface area contributed by atoms with E-state index in [2.05, 4.69) is 30.1 Å². The zero-order valence-electron chi connectivity index (χ0n) is 18.0. The average Bonchev–Trinajstić information content (AvgIpc) is 3.47. The van der Waals surface area contributed by atoms with Gasteiger partial charge in [-0.1, -0.05) is 0 Å². The second-order valence-electron chi connectivity index (χ2n) is 7.88. The maximum Gasteiger partial charge on any atom is 0.155 e. The standard InChI is InChI=1S/C25H18FN7O/c1-34-18-6-13(4-16(26)8-18)19-2-3-29-24-20(19)9-22(31-24)23-21-7-15(11-30-25(21)33-32-23)14-5-17(27)12-28-10-14/h2-12H,27H2,1H3,(H,29,31)(H,30,32,33). The molecular formula is C25H18FN7O. The molecule has 0 bridgehead atoms.